The van der Waals surface area contributed by atoms with E-state index in [2.05, 4.69) is 47.2 Å². The summed E-state index contributed by atoms with van der Waals surface area (Å²) in [6.07, 6.45) is -4.62. The van der Waals surface area contributed by atoms with Crippen molar-refractivity contribution in [1.82, 2.24) is 0 Å². The largest absolute Gasteiger partial charge is 0.505 e. The lowest BCUT2D eigenvalue weighted by atomic mass is 9.96. The zero-order chi connectivity index (χ0) is 45.8. The molecule has 8 aromatic rings. The van der Waals surface area contributed by atoms with Crippen molar-refractivity contribution in [3.8, 4) is 22.6 Å². The molecule has 16 heteroatoms. The maximum atomic E-state index is 13.6. The summed E-state index contributed by atoms with van der Waals surface area (Å²) >= 11 is 3.59. The van der Waals surface area contributed by atoms with Crippen LogP contribution in [0.1, 0.15) is 38.8 Å². The number of benzene rings is 8. The molecular weight excluding hydrogens is 908 g/mol. The number of amides is 1. The van der Waals surface area contributed by atoms with Gasteiger partial charge in [-0.2, -0.15) is 23.4 Å². The first-order valence-electron chi connectivity index (χ1n) is 19.6. The van der Waals surface area contributed by atoms with Crippen molar-refractivity contribution < 1.29 is 42.2 Å². The number of aromatic hydroxyl groups is 2. The molecule has 0 aliphatic heterocycles. The van der Waals surface area contributed by atoms with Crippen molar-refractivity contribution in [2.24, 2.45) is 20.5 Å². The predicted molar refractivity (Wildman–Crippen MR) is 243 cm³/mol. The molecule has 0 saturated carbocycles. The Morgan fingerprint density at radius 3 is 1.92 bits per heavy atom. The second-order valence-corrected chi connectivity index (χ2v) is 15.4. The Labute approximate surface area is 375 Å². The monoisotopic (exact) mass is 940 g/mol. The molecule has 0 aliphatic carbocycles. The zero-order valence-electron chi connectivity index (χ0n) is 33.9. The van der Waals surface area contributed by atoms with Gasteiger partial charge in [0.2, 0.25) is 0 Å². The van der Waals surface area contributed by atoms with E-state index < -0.39 is 29.2 Å². The Morgan fingerprint density at radius 1 is 0.646 bits per heavy atom. The summed E-state index contributed by atoms with van der Waals surface area (Å²) in [5.74, 6) is -2.26. The van der Waals surface area contributed by atoms with Gasteiger partial charge >= 0.3 is 6.18 Å². The van der Waals surface area contributed by atoms with Crippen LogP contribution in [0.15, 0.2) is 171 Å². The van der Waals surface area contributed by atoms with Gasteiger partial charge in [0.05, 0.1) is 28.2 Å². The number of carbonyl (C=O) groups excluding carboxylic acids is 2. The van der Waals surface area contributed by atoms with E-state index in [0.29, 0.717) is 59.9 Å². The van der Waals surface area contributed by atoms with E-state index in [4.69, 9.17) is 4.84 Å². The van der Waals surface area contributed by atoms with Gasteiger partial charge in [-0.15, -0.1) is 10.2 Å². The molecule has 0 saturated heterocycles. The second-order valence-electron chi connectivity index (χ2n) is 14.6. The number of ketones is 1. The summed E-state index contributed by atoms with van der Waals surface area (Å²) in [6, 6.07) is 37.1. The predicted octanol–water partition coefficient (Wildman–Crippen LogP) is 14.8. The second kappa shape index (κ2) is 18.5. The summed E-state index contributed by atoms with van der Waals surface area (Å²) < 4.78 is 54.1. The quantitative estimate of drug-likeness (QED) is 0.0413. The van der Waals surface area contributed by atoms with Crippen LogP contribution in [-0.2, 0) is 17.6 Å². The summed E-state index contributed by atoms with van der Waals surface area (Å²) in [7, 11) is 0. The van der Waals surface area contributed by atoms with Gasteiger partial charge in [0.15, 0.2) is 11.5 Å². The van der Waals surface area contributed by atoms with Crippen LogP contribution in [0.4, 0.5) is 51.7 Å². The first kappa shape index (κ1) is 43.8. The highest BCUT2D eigenvalue weighted by Crippen LogP contribution is 2.43. The van der Waals surface area contributed by atoms with Crippen LogP contribution in [0.2, 0.25) is 0 Å². The van der Waals surface area contributed by atoms with Crippen LogP contribution in [0.25, 0.3) is 32.7 Å². The van der Waals surface area contributed by atoms with Gasteiger partial charge in [0, 0.05) is 32.1 Å². The molecule has 0 aliphatic rings. The smallest absolute Gasteiger partial charge is 0.416 e. The number of fused-ring (bicyclic) bond motifs is 2. The number of hydrogen-bond acceptors (Lipinski definition) is 10. The molecule has 1 amide bonds. The Hall–Kier alpha value is -7.82. The van der Waals surface area contributed by atoms with Gasteiger partial charge < -0.3 is 15.5 Å². The molecule has 0 bridgehead atoms. The molecule has 0 aromatic heterocycles. The van der Waals surface area contributed by atoms with Crippen LogP contribution >= 0.6 is 15.9 Å². The number of Topliss-reactive ketones (excluding diaryl/α,β-unsaturated/α-hetero) is 1. The van der Waals surface area contributed by atoms with Crippen molar-refractivity contribution in [2.45, 2.75) is 19.7 Å². The summed E-state index contributed by atoms with van der Waals surface area (Å²) in [4.78, 5) is 32.0. The molecule has 65 heavy (non-hydrogen) atoms. The molecule has 11 nitrogen and oxygen atoms in total. The molecule has 0 unspecified atom stereocenters. The third-order valence-electron chi connectivity index (χ3n) is 10.2. The van der Waals surface area contributed by atoms with Crippen molar-refractivity contribution >= 4 is 83.3 Å². The lowest BCUT2D eigenvalue weighted by Gasteiger charge is -2.13. The molecule has 0 atom stereocenters. The number of rotatable bonds is 12. The fraction of sp³-hybridized carbons (Fsp3) is 0.0612. The number of phenolic OH excluding ortho intramolecular Hbond substituents is 2. The van der Waals surface area contributed by atoms with Gasteiger partial charge in [0.25, 0.3) is 5.91 Å². The molecule has 0 heterocycles. The fourth-order valence-corrected chi connectivity index (χ4v) is 7.60. The number of halogens is 5. The Kier molecular flexibility index (Phi) is 12.5. The molecular formula is C49H33BrF4N6O5. The summed E-state index contributed by atoms with van der Waals surface area (Å²) in [6.45, 7) is 1.33. The fourth-order valence-electron chi connectivity index (χ4n) is 7.02. The van der Waals surface area contributed by atoms with Crippen molar-refractivity contribution in [2.75, 3.05) is 10.8 Å². The number of azo groups is 2. The number of alkyl halides is 3. The van der Waals surface area contributed by atoms with Gasteiger partial charge in [0.1, 0.15) is 29.5 Å². The third kappa shape index (κ3) is 9.73. The summed E-state index contributed by atoms with van der Waals surface area (Å²) in [5, 5.41) is 44.9. The van der Waals surface area contributed by atoms with E-state index >= 15 is 0 Å². The topological polar surface area (TPSA) is 157 Å². The highest BCUT2D eigenvalue weighted by Gasteiger charge is 2.31. The van der Waals surface area contributed by atoms with Crippen molar-refractivity contribution in [3.05, 3.63) is 178 Å². The Bertz CT molecular complexity index is 3230. The zero-order valence-corrected chi connectivity index (χ0v) is 35.4. The summed E-state index contributed by atoms with van der Waals surface area (Å²) in [5.41, 5.74) is 4.49. The standard InChI is InChI=1S/C49H33BrF4N6O5/c1-27(61)41-24-34(56-58-44-37-14-4-2-8-28(37)20-30(46(44)62)26-65-60-36-13-7-11-32(51)23-36)16-18-39(41)40-19-17-35(25-43(40)50)57-59-45-38-15-5-3-9-29(38)21-42(47(45)63)48(64)55-33-12-6-10-31(22-33)49(52,53)54/h2-25,60,62-63H,26H2,1H3,(H,55,64). The Morgan fingerprint density at radius 2 is 1.26 bits per heavy atom. The first-order valence-corrected chi connectivity index (χ1v) is 20.4. The number of hydrogen-bond donors (Lipinski definition) is 4. The highest BCUT2D eigenvalue weighted by atomic mass is 79.9. The SMILES string of the molecule is CC(=O)c1cc(N=Nc2c(O)c(CONc3cccc(F)c3)cc3ccccc23)ccc1-c1ccc(N=Nc2c(O)c(C(=O)Nc3cccc(C(F)(F)F)c3)cc3ccccc23)cc1Br. The molecule has 0 fully saturated rings. The van der Waals surface area contributed by atoms with Crippen LogP contribution in [0, 0.1) is 5.82 Å². The number of phenols is 2. The van der Waals surface area contributed by atoms with Gasteiger partial charge in [-0.05, 0) is 102 Å². The maximum absolute atomic E-state index is 13.6. The van der Waals surface area contributed by atoms with E-state index in [-0.39, 0.29) is 40.8 Å². The molecule has 0 radical (unpaired) electrons. The van der Waals surface area contributed by atoms with E-state index in [1.54, 1.807) is 84.9 Å². The molecule has 324 valence electrons. The van der Waals surface area contributed by atoms with E-state index in [1.807, 2.05) is 12.1 Å². The van der Waals surface area contributed by atoms with Gasteiger partial charge in [-0.3, -0.25) is 19.9 Å². The molecule has 4 N–H and O–H groups in total. The van der Waals surface area contributed by atoms with Crippen molar-refractivity contribution in [3.63, 3.8) is 0 Å². The van der Waals surface area contributed by atoms with Crippen LogP contribution in [0.3, 0.4) is 0 Å². The van der Waals surface area contributed by atoms with E-state index in [9.17, 15) is 37.4 Å². The lowest BCUT2D eigenvalue weighted by molar-refractivity contribution is -0.137. The van der Waals surface area contributed by atoms with Gasteiger partial charge in [-0.1, -0.05) is 88.7 Å². The number of carbonyl (C=O) groups is 2. The van der Waals surface area contributed by atoms with Crippen molar-refractivity contribution in [1.29, 1.82) is 0 Å². The molecule has 8 rings (SSSR count). The third-order valence-corrected chi connectivity index (χ3v) is 10.8. The number of anilines is 2. The number of nitrogens with one attached hydrogen (secondary N) is 2. The lowest BCUT2D eigenvalue weighted by Crippen LogP contribution is -2.13. The average molecular weight is 942 g/mol. The minimum atomic E-state index is -4.62. The van der Waals surface area contributed by atoms with Crippen LogP contribution < -0.4 is 10.8 Å². The highest BCUT2D eigenvalue weighted by molar-refractivity contribution is 9.10. The van der Waals surface area contributed by atoms with E-state index in [0.717, 1.165) is 23.6 Å². The number of nitrogens with zero attached hydrogens (tertiary/aromatic N) is 4. The minimum Gasteiger partial charge on any atom is -0.505 e. The van der Waals surface area contributed by atoms with Crippen LogP contribution in [-0.4, -0.2) is 21.9 Å². The average Bonchev–Trinajstić information content (AvgIpc) is 3.28. The van der Waals surface area contributed by atoms with E-state index in [1.165, 1.54) is 37.3 Å². The Balaban J connectivity index is 1.05. The van der Waals surface area contributed by atoms with Crippen LogP contribution in [0.5, 0.6) is 11.5 Å². The van der Waals surface area contributed by atoms with Gasteiger partial charge in [-0.25, -0.2) is 4.39 Å². The minimum absolute atomic E-state index is 0.0413. The maximum Gasteiger partial charge on any atom is 0.416 e. The first-order chi connectivity index (χ1) is 31.2. The molecule has 0 spiro atoms. The molecule has 8 aromatic carbocycles. The normalized spacial score (nSPS) is 11.8.